The van der Waals surface area contributed by atoms with Crippen molar-refractivity contribution >= 4 is 18.1 Å². The summed E-state index contributed by atoms with van der Waals surface area (Å²) in [4.78, 5) is 22.9. The summed E-state index contributed by atoms with van der Waals surface area (Å²) in [6, 6.07) is 12.1. The summed E-state index contributed by atoms with van der Waals surface area (Å²) < 4.78 is 5.51. The minimum Gasteiger partial charge on any atom is -0.483 e. The van der Waals surface area contributed by atoms with Crippen molar-refractivity contribution in [2.24, 2.45) is 5.10 Å². The van der Waals surface area contributed by atoms with Gasteiger partial charge in [-0.1, -0.05) is 36.4 Å². The maximum absolute atomic E-state index is 11.8. The second-order valence-electron chi connectivity index (χ2n) is 5.20. The predicted molar refractivity (Wildman–Crippen MR) is 90.5 cm³/mol. The molecule has 0 fully saturated rings. The van der Waals surface area contributed by atoms with Gasteiger partial charge in [-0.05, 0) is 31.0 Å². The first-order chi connectivity index (χ1) is 11.5. The molecule has 6 nitrogen and oxygen atoms in total. The van der Waals surface area contributed by atoms with Gasteiger partial charge in [-0.15, -0.1) is 0 Å². The smallest absolute Gasteiger partial charge is 0.336 e. The highest BCUT2D eigenvalue weighted by Gasteiger charge is 2.08. The number of carboxylic acids is 1. The molecule has 2 N–H and O–H groups in total. The predicted octanol–water partition coefficient (Wildman–Crippen LogP) is 2.53. The molecule has 0 aliphatic carbocycles. The Morgan fingerprint density at radius 3 is 2.46 bits per heavy atom. The van der Waals surface area contributed by atoms with E-state index in [0.717, 1.165) is 11.1 Å². The van der Waals surface area contributed by atoms with E-state index in [-0.39, 0.29) is 12.2 Å². The van der Waals surface area contributed by atoms with Gasteiger partial charge in [0.15, 0.2) is 6.61 Å². The molecule has 124 valence electrons. The van der Waals surface area contributed by atoms with Gasteiger partial charge in [0, 0.05) is 5.56 Å². The van der Waals surface area contributed by atoms with Gasteiger partial charge in [0.1, 0.15) is 5.75 Å². The number of hydrogen-bond donors (Lipinski definition) is 2. The molecule has 0 atom stereocenters. The highest BCUT2D eigenvalue weighted by Crippen LogP contribution is 2.21. The van der Waals surface area contributed by atoms with Crippen LogP contribution in [-0.4, -0.2) is 29.8 Å². The average molecular weight is 326 g/mol. The molecule has 0 aliphatic rings. The Labute approximate surface area is 139 Å². The van der Waals surface area contributed by atoms with E-state index in [1.165, 1.54) is 12.3 Å². The zero-order valence-electron chi connectivity index (χ0n) is 13.4. The minimum atomic E-state index is -1.05. The zero-order chi connectivity index (χ0) is 17.5. The number of nitrogens with zero attached hydrogens (tertiary/aromatic N) is 1. The van der Waals surface area contributed by atoms with E-state index in [4.69, 9.17) is 9.84 Å². The van der Waals surface area contributed by atoms with Crippen LogP contribution in [0.1, 0.15) is 27.0 Å². The lowest BCUT2D eigenvalue weighted by atomic mass is 10.1. The van der Waals surface area contributed by atoms with Crippen molar-refractivity contribution in [3.8, 4) is 5.75 Å². The molecule has 6 heteroatoms. The van der Waals surface area contributed by atoms with Crippen LogP contribution in [0.3, 0.4) is 0 Å². The third-order valence-electron chi connectivity index (χ3n) is 3.34. The largest absolute Gasteiger partial charge is 0.483 e. The van der Waals surface area contributed by atoms with Crippen LogP contribution in [0.2, 0.25) is 0 Å². The fourth-order valence-electron chi connectivity index (χ4n) is 2.17. The van der Waals surface area contributed by atoms with Crippen LogP contribution in [0, 0.1) is 13.8 Å². The van der Waals surface area contributed by atoms with Crippen LogP contribution in [0.4, 0.5) is 0 Å². The van der Waals surface area contributed by atoms with Crippen molar-refractivity contribution in [2.45, 2.75) is 13.8 Å². The molecule has 0 radical (unpaired) electrons. The topological polar surface area (TPSA) is 88.0 Å². The van der Waals surface area contributed by atoms with Gasteiger partial charge in [0.25, 0.3) is 5.91 Å². The minimum absolute atomic E-state index is 0.113. The van der Waals surface area contributed by atoms with Crippen LogP contribution in [-0.2, 0) is 4.79 Å². The maximum atomic E-state index is 11.8. The average Bonchev–Trinajstić information content (AvgIpc) is 2.54. The summed E-state index contributed by atoms with van der Waals surface area (Å²) in [5, 5.41) is 12.8. The molecule has 0 unspecified atom stereocenters. The van der Waals surface area contributed by atoms with Crippen molar-refractivity contribution in [2.75, 3.05) is 6.61 Å². The summed E-state index contributed by atoms with van der Waals surface area (Å²) in [5.74, 6) is -0.809. The maximum Gasteiger partial charge on any atom is 0.336 e. The Kier molecular flexibility index (Phi) is 5.68. The standard InChI is InChI=1S/C18H18N2O4/c1-12-6-5-7-13(2)17(12)24-11-16(21)20-19-10-14-8-3-4-9-15(14)18(22)23/h3-10H,11H2,1-2H3,(H,20,21)(H,22,23)/b19-10+. The van der Waals surface area contributed by atoms with Crippen molar-refractivity contribution in [3.63, 3.8) is 0 Å². The number of carbonyl (C=O) groups is 2. The van der Waals surface area contributed by atoms with E-state index >= 15 is 0 Å². The molecule has 2 aromatic carbocycles. The summed E-state index contributed by atoms with van der Waals surface area (Å²) in [6.07, 6.45) is 1.29. The lowest BCUT2D eigenvalue weighted by Gasteiger charge is -2.10. The fourth-order valence-corrected chi connectivity index (χ4v) is 2.17. The number of rotatable bonds is 6. The van der Waals surface area contributed by atoms with Crippen LogP contribution in [0.15, 0.2) is 47.6 Å². The first kappa shape index (κ1) is 17.2. The Morgan fingerprint density at radius 2 is 1.79 bits per heavy atom. The molecule has 2 rings (SSSR count). The highest BCUT2D eigenvalue weighted by atomic mass is 16.5. The fraction of sp³-hybridized carbons (Fsp3) is 0.167. The van der Waals surface area contributed by atoms with E-state index in [2.05, 4.69) is 10.5 Å². The number of hydrazone groups is 1. The molecule has 0 saturated carbocycles. The van der Waals surface area contributed by atoms with E-state index in [1.54, 1.807) is 18.2 Å². The first-order valence-electron chi connectivity index (χ1n) is 7.32. The molecule has 2 aromatic rings. The summed E-state index contributed by atoms with van der Waals surface area (Å²) in [7, 11) is 0. The van der Waals surface area contributed by atoms with Crippen LogP contribution < -0.4 is 10.2 Å². The Morgan fingerprint density at radius 1 is 1.12 bits per heavy atom. The molecule has 24 heavy (non-hydrogen) atoms. The van der Waals surface area contributed by atoms with Gasteiger partial charge < -0.3 is 9.84 Å². The number of ether oxygens (including phenoxy) is 1. The molecular weight excluding hydrogens is 308 g/mol. The Balaban J connectivity index is 1.93. The number of hydrogen-bond acceptors (Lipinski definition) is 4. The summed E-state index contributed by atoms with van der Waals surface area (Å²) in [6.45, 7) is 3.63. The second-order valence-corrected chi connectivity index (χ2v) is 5.20. The molecule has 0 bridgehead atoms. The molecule has 1 amide bonds. The molecule has 0 heterocycles. The van der Waals surface area contributed by atoms with Crippen LogP contribution in [0.25, 0.3) is 0 Å². The number of carbonyl (C=O) groups excluding carboxylic acids is 1. The number of para-hydroxylation sites is 1. The van der Waals surface area contributed by atoms with Crippen molar-refractivity contribution in [1.82, 2.24) is 5.43 Å². The molecule has 0 aliphatic heterocycles. The van der Waals surface area contributed by atoms with Crippen molar-refractivity contribution in [3.05, 3.63) is 64.7 Å². The summed E-state index contributed by atoms with van der Waals surface area (Å²) in [5.41, 5.74) is 4.73. The van der Waals surface area contributed by atoms with E-state index in [9.17, 15) is 9.59 Å². The van der Waals surface area contributed by atoms with Gasteiger partial charge in [-0.2, -0.15) is 5.10 Å². The summed E-state index contributed by atoms with van der Waals surface area (Å²) >= 11 is 0. The highest BCUT2D eigenvalue weighted by molar-refractivity contribution is 5.98. The molecular formula is C18H18N2O4. The number of aryl methyl sites for hydroxylation is 2. The normalized spacial score (nSPS) is 10.6. The lowest BCUT2D eigenvalue weighted by molar-refractivity contribution is -0.123. The third-order valence-corrected chi connectivity index (χ3v) is 3.34. The third kappa shape index (κ3) is 4.42. The van der Waals surface area contributed by atoms with E-state index in [0.29, 0.717) is 11.3 Å². The monoisotopic (exact) mass is 326 g/mol. The molecule has 0 aromatic heterocycles. The molecule has 0 saturated heterocycles. The number of amides is 1. The SMILES string of the molecule is Cc1cccc(C)c1OCC(=O)N/N=C/c1ccccc1C(=O)O. The van der Waals surface area contributed by atoms with E-state index < -0.39 is 11.9 Å². The van der Waals surface area contributed by atoms with Crippen LogP contribution >= 0.6 is 0 Å². The number of aromatic carboxylic acids is 1. The number of benzene rings is 2. The first-order valence-corrected chi connectivity index (χ1v) is 7.32. The van der Waals surface area contributed by atoms with Gasteiger partial charge in [-0.25, -0.2) is 10.2 Å². The van der Waals surface area contributed by atoms with Gasteiger partial charge in [0.05, 0.1) is 11.8 Å². The van der Waals surface area contributed by atoms with Gasteiger partial charge in [-0.3, -0.25) is 4.79 Å². The number of nitrogens with one attached hydrogen (secondary N) is 1. The molecule has 0 spiro atoms. The van der Waals surface area contributed by atoms with Crippen molar-refractivity contribution < 1.29 is 19.4 Å². The quantitative estimate of drug-likeness (QED) is 0.631. The lowest BCUT2D eigenvalue weighted by Crippen LogP contribution is -2.25. The van der Waals surface area contributed by atoms with Gasteiger partial charge in [0.2, 0.25) is 0 Å². The Hall–Kier alpha value is -3.15. The van der Waals surface area contributed by atoms with Gasteiger partial charge >= 0.3 is 5.97 Å². The Bertz CT molecular complexity index is 764. The zero-order valence-corrected chi connectivity index (χ0v) is 13.4. The van der Waals surface area contributed by atoms with E-state index in [1.807, 2.05) is 32.0 Å². The second kappa shape index (κ2) is 7.92. The van der Waals surface area contributed by atoms with Crippen LogP contribution in [0.5, 0.6) is 5.75 Å². The number of carboxylic acid groups (broad SMARTS) is 1. The van der Waals surface area contributed by atoms with Crippen molar-refractivity contribution in [1.29, 1.82) is 0 Å².